The first-order valence-electron chi connectivity index (χ1n) is 5.50. The quantitative estimate of drug-likeness (QED) is 0.449. The maximum atomic E-state index is 7.46. The lowest BCUT2D eigenvalue weighted by Crippen LogP contribution is -1.78. The predicted molar refractivity (Wildman–Crippen MR) is 47.2 cm³/mol. The first-order valence-corrected chi connectivity index (χ1v) is 4.29. The van der Waals surface area contributed by atoms with Crippen molar-refractivity contribution in [3.05, 3.63) is 0 Å². The molecule has 0 radical (unpaired) electrons. The van der Waals surface area contributed by atoms with Gasteiger partial charge >= 0.3 is 0 Å². The van der Waals surface area contributed by atoms with Gasteiger partial charge in [-0.2, -0.15) is 0 Å². The summed E-state index contributed by atoms with van der Waals surface area (Å²) in [5.41, 5.74) is 0. The third-order valence-electron chi connectivity index (χ3n) is 1.22. The van der Waals surface area contributed by atoms with Crippen molar-refractivity contribution in [2.75, 3.05) is 5.28 Å². The van der Waals surface area contributed by atoms with Gasteiger partial charge in [0.15, 0.2) is 0 Å². The molecule has 0 bridgehead atoms. The third-order valence-corrected chi connectivity index (χ3v) is 1.50. The Morgan fingerprint density at radius 3 is 2.44 bits per heavy atom. The van der Waals surface area contributed by atoms with E-state index < -0.39 is 11.7 Å². The van der Waals surface area contributed by atoms with Gasteiger partial charge in [0.2, 0.25) is 0 Å². The van der Waals surface area contributed by atoms with E-state index in [9.17, 15) is 0 Å². The number of hydrogen-bond donors (Lipinski definition) is 0. The van der Waals surface area contributed by atoms with E-state index in [1.165, 1.54) is 0 Å². The fourth-order valence-corrected chi connectivity index (χ4v) is 0.886. The van der Waals surface area contributed by atoms with Gasteiger partial charge in [0.25, 0.3) is 0 Å². The number of unbranched alkanes of at least 4 members (excludes halogenated alkanes) is 3. The predicted octanol–water partition coefficient (Wildman–Crippen LogP) is 3.74. The van der Waals surface area contributed by atoms with Crippen LogP contribution in [-0.4, -0.2) is 5.28 Å². The molecule has 0 saturated heterocycles. The molecule has 0 aliphatic rings. The molecule has 0 heterocycles. The summed E-state index contributed by atoms with van der Waals surface area (Å²) >= 11 is 2.73. The largest absolute Gasteiger partial charge is 0.0928 e. The van der Waals surface area contributed by atoms with Crippen molar-refractivity contribution in [2.24, 2.45) is 0 Å². The topological polar surface area (TPSA) is 0 Å². The Hall–Kier alpha value is 0.480. The Bertz CT molecular complexity index is 142. The molecule has 56 valence electrons. The highest BCUT2D eigenvalue weighted by molar-refractivity contribution is 9.09. The SMILES string of the molecule is [2H]C([2H])(Br)C([2H])([2H])CCCCCC. The molecule has 0 amide bonds. The van der Waals surface area contributed by atoms with E-state index in [1.807, 2.05) is 0 Å². The molecule has 0 unspecified atom stereocenters. The molecule has 0 aromatic heterocycles. The van der Waals surface area contributed by atoms with Gasteiger partial charge in [-0.1, -0.05) is 55.0 Å². The number of hydrogen-bond acceptors (Lipinski definition) is 0. The zero-order valence-corrected chi connectivity index (χ0v) is 7.50. The highest BCUT2D eigenvalue weighted by Gasteiger charge is 1.86. The van der Waals surface area contributed by atoms with E-state index in [2.05, 4.69) is 22.9 Å². The molecule has 0 aromatic carbocycles. The van der Waals surface area contributed by atoms with Crippen LogP contribution in [0.1, 0.15) is 50.9 Å². The maximum Gasteiger partial charge on any atom is 0.0387 e. The van der Waals surface area contributed by atoms with Crippen molar-refractivity contribution in [3.63, 3.8) is 0 Å². The van der Waals surface area contributed by atoms with Crippen LogP contribution in [-0.2, 0) is 0 Å². The van der Waals surface area contributed by atoms with Gasteiger partial charge in [0.1, 0.15) is 0 Å². The van der Waals surface area contributed by atoms with Gasteiger partial charge in [-0.25, -0.2) is 0 Å². The maximum absolute atomic E-state index is 7.46. The highest BCUT2D eigenvalue weighted by Crippen LogP contribution is 2.05. The zero-order chi connectivity index (χ0) is 10.5. The minimum Gasteiger partial charge on any atom is -0.0928 e. The highest BCUT2D eigenvalue weighted by atomic mass is 79.9. The van der Waals surface area contributed by atoms with Gasteiger partial charge in [-0.05, 0) is 6.37 Å². The molecular weight excluding hydrogens is 176 g/mol. The molecule has 0 aromatic rings. The van der Waals surface area contributed by atoms with Crippen LogP contribution in [0.4, 0.5) is 0 Å². The van der Waals surface area contributed by atoms with Crippen molar-refractivity contribution in [2.45, 2.75) is 45.4 Å². The van der Waals surface area contributed by atoms with Crippen LogP contribution >= 0.6 is 15.9 Å². The van der Waals surface area contributed by atoms with Crippen LogP contribution < -0.4 is 0 Å². The second kappa shape index (κ2) is 8.48. The van der Waals surface area contributed by atoms with Crippen LogP contribution in [0.3, 0.4) is 0 Å². The van der Waals surface area contributed by atoms with E-state index in [-0.39, 0.29) is 6.42 Å². The molecule has 0 nitrogen and oxygen atoms in total. The molecule has 0 saturated carbocycles. The smallest absolute Gasteiger partial charge is 0.0387 e. The van der Waals surface area contributed by atoms with Crippen molar-refractivity contribution in [1.82, 2.24) is 0 Å². The van der Waals surface area contributed by atoms with E-state index in [4.69, 9.17) is 5.48 Å². The van der Waals surface area contributed by atoms with Gasteiger partial charge in [0.05, 0.1) is 0 Å². The van der Waals surface area contributed by atoms with E-state index in [1.54, 1.807) is 0 Å². The number of halogens is 1. The molecule has 9 heavy (non-hydrogen) atoms. The summed E-state index contributed by atoms with van der Waals surface area (Å²) in [5.74, 6) is 0. The fourth-order valence-electron chi connectivity index (χ4n) is 0.687. The summed E-state index contributed by atoms with van der Waals surface area (Å²) in [6, 6.07) is 0. The summed E-state index contributed by atoms with van der Waals surface area (Å²) < 4.78 is 29.4. The zero-order valence-electron chi connectivity index (χ0n) is 9.91. The molecular formula is C8H17Br. The lowest BCUT2D eigenvalue weighted by molar-refractivity contribution is 0.628. The molecule has 0 aliphatic heterocycles. The van der Waals surface area contributed by atoms with Crippen molar-refractivity contribution < 1.29 is 5.48 Å². The van der Waals surface area contributed by atoms with Crippen LogP contribution in [0, 0.1) is 0 Å². The van der Waals surface area contributed by atoms with E-state index >= 15 is 0 Å². The van der Waals surface area contributed by atoms with Gasteiger partial charge < -0.3 is 0 Å². The Morgan fingerprint density at radius 2 is 1.89 bits per heavy atom. The summed E-state index contributed by atoms with van der Waals surface area (Å²) in [4.78, 5) is 0. The van der Waals surface area contributed by atoms with Gasteiger partial charge in [-0.3, -0.25) is 0 Å². The van der Waals surface area contributed by atoms with Crippen molar-refractivity contribution in [3.8, 4) is 0 Å². The minimum atomic E-state index is -1.91. The number of rotatable bonds is 6. The van der Waals surface area contributed by atoms with Crippen LogP contribution in [0.25, 0.3) is 0 Å². The normalized spacial score (nSPS) is 19.8. The molecule has 1 heteroatoms. The van der Waals surface area contributed by atoms with Crippen molar-refractivity contribution in [1.29, 1.82) is 0 Å². The Labute approximate surface area is 72.8 Å². The van der Waals surface area contributed by atoms with Crippen molar-refractivity contribution >= 4 is 15.9 Å². The third kappa shape index (κ3) is 8.48. The van der Waals surface area contributed by atoms with Crippen LogP contribution in [0.15, 0.2) is 0 Å². The second-order valence-corrected chi connectivity index (χ2v) is 2.48. The average molecular weight is 197 g/mol. The first kappa shape index (κ1) is 4.38. The first-order chi connectivity index (χ1) is 5.81. The van der Waals surface area contributed by atoms with Crippen LogP contribution in [0.5, 0.6) is 0 Å². The molecule has 0 N–H and O–H groups in total. The standard InChI is InChI=1S/C8H17Br/c1-2-3-4-5-6-7-8-9/h2-8H2,1H3/i7D2,8D2. The summed E-state index contributed by atoms with van der Waals surface area (Å²) in [7, 11) is 0. The summed E-state index contributed by atoms with van der Waals surface area (Å²) in [5, 5.41) is -1.91. The Balaban J connectivity index is 3.77. The van der Waals surface area contributed by atoms with Crippen LogP contribution in [0.2, 0.25) is 0 Å². The summed E-state index contributed by atoms with van der Waals surface area (Å²) in [6.45, 7) is 2.10. The molecule has 0 atom stereocenters. The van der Waals surface area contributed by atoms with Gasteiger partial charge in [0, 0.05) is 10.8 Å². The summed E-state index contributed by atoms with van der Waals surface area (Å²) in [6.07, 6.45) is 2.47. The lowest BCUT2D eigenvalue weighted by Gasteiger charge is -1.95. The monoisotopic (exact) mass is 196 g/mol. The fraction of sp³-hybridized carbons (Fsp3) is 1.00. The molecule has 0 rings (SSSR count). The number of alkyl halides is 1. The van der Waals surface area contributed by atoms with E-state index in [0.717, 1.165) is 25.7 Å². The molecule has 0 fully saturated rings. The van der Waals surface area contributed by atoms with Gasteiger partial charge in [-0.15, -0.1) is 0 Å². The Morgan fingerprint density at radius 1 is 1.22 bits per heavy atom. The molecule has 0 spiro atoms. The Kier molecular flexibility index (Phi) is 4.12. The molecule has 0 aliphatic carbocycles. The average Bonchev–Trinajstić information content (AvgIpc) is 1.96. The second-order valence-electron chi connectivity index (χ2n) is 2.08. The van der Waals surface area contributed by atoms with E-state index in [0.29, 0.717) is 0 Å². The lowest BCUT2D eigenvalue weighted by atomic mass is 10.1. The minimum absolute atomic E-state index is 0.283.